The lowest BCUT2D eigenvalue weighted by molar-refractivity contribution is -0.0109. The van der Waals surface area contributed by atoms with Crippen LogP contribution in [0.3, 0.4) is 0 Å². The number of rotatable bonds is 4. The monoisotopic (exact) mass is 291 g/mol. The Balaban J connectivity index is 1.92. The highest BCUT2D eigenvalue weighted by Gasteiger charge is 2.32. The van der Waals surface area contributed by atoms with Gasteiger partial charge in [0.15, 0.2) is 0 Å². The van der Waals surface area contributed by atoms with Crippen LogP contribution in [0.25, 0.3) is 0 Å². The first kappa shape index (κ1) is 15.8. The first-order chi connectivity index (χ1) is 9.89. The van der Waals surface area contributed by atoms with Crippen molar-refractivity contribution in [3.05, 3.63) is 23.9 Å². The minimum absolute atomic E-state index is 0.181. The van der Waals surface area contributed by atoms with Gasteiger partial charge in [-0.2, -0.15) is 0 Å². The van der Waals surface area contributed by atoms with E-state index in [2.05, 4.69) is 17.2 Å². The van der Waals surface area contributed by atoms with Gasteiger partial charge >= 0.3 is 0 Å². The first-order valence-electron chi connectivity index (χ1n) is 7.53. The third kappa shape index (κ3) is 4.17. The molecule has 0 bridgehead atoms. The summed E-state index contributed by atoms with van der Waals surface area (Å²) in [5.41, 5.74) is -0.238. The molecule has 1 aliphatic carbocycles. The van der Waals surface area contributed by atoms with Crippen molar-refractivity contribution >= 4 is 11.7 Å². The summed E-state index contributed by atoms with van der Waals surface area (Å²) in [6, 6.07) is 3.57. The number of hydrogen-bond acceptors (Lipinski definition) is 4. The highest BCUT2D eigenvalue weighted by Crippen LogP contribution is 2.31. The molecule has 2 N–H and O–H groups in total. The molecular weight excluding hydrogens is 266 g/mol. The molecule has 1 heterocycles. The highest BCUT2D eigenvalue weighted by molar-refractivity contribution is 5.94. The molecule has 5 heteroatoms. The van der Waals surface area contributed by atoms with Crippen LogP contribution in [0.1, 0.15) is 43.0 Å². The molecule has 2 atom stereocenters. The summed E-state index contributed by atoms with van der Waals surface area (Å²) in [5.74, 6) is 1.15. The summed E-state index contributed by atoms with van der Waals surface area (Å²) >= 11 is 0. The number of amides is 1. The molecule has 0 radical (unpaired) electrons. The van der Waals surface area contributed by atoms with Gasteiger partial charge in [0.25, 0.3) is 5.91 Å². The molecule has 0 saturated heterocycles. The van der Waals surface area contributed by atoms with Crippen molar-refractivity contribution in [1.29, 1.82) is 0 Å². The molecule has 1 fully saturated rings. The molecule has 2 unspecified atom stereocenters. The van der Waals surface area contributed by atoms with E-state index in [1.54, 1.807) is 12.3 Å². The molecule has 0 spiro atoms. The van der Waals surface area contributed by atoms with Crippen LogP contribution in [0, 0.1) is 5.92 Å². The number of carbonyl (C=O) groups is 1. The summed E-state index contributed by atoms with van der Waals surface area (Å²) in [6.07, 6.45) is 5.26. The summed E-state index contributed by atoms with van der Waals surface area (Å²) in [6.45, 7) is 2.46. The van der Waals surface area contributed by atoms with Gasteiger partial charge < -0.3 is 15.3 Å². The molecule has 0 aliphatic heterocycles. The molecule has 1 aromatic heterocycles. The van der Waals surface area contributed by atoms with Crippen LogP contribution >= 0.6 is 0 Å². The Hall–Kier alpha value is -1.62. The fourth-order valence-electron chi connectivity index (χ4n) is 2.92. The van der Waals surface area contributed by atoms with E-state index in [-0.39, 0.29) is 5.91 Å². The number of carbonyl (C=O) groups excluding carboxylic acids is 1. The zero-order chi connectivity index (χ0) is 15.5. The number of pyridine rings is 1. The van der Waals surface area contributed by atoms with Gasteiger partial charge in [-0.15, -0.1) is 0 Å². The van der Waals surface area contributed by atoms with E-state index in [1.807, 2.05) is 25.1 Å². The summed E-state index contributed by atoms with van der Waals surface area (Å²) in [5, 5.41) is 13.4. The topological polar surface area (TPSA) is 65.5 Å². The Morgan fingerprint density at radius 1 is 1.52 bits per heavy atom. The average molecular weight is 291 g/mol. The Labute approximate surface area is 126 Å². The fraction of sp³-hybridized carbons (Fsp3) is 0.625. The Morgan fingerprint density at radius 2 is 2.29 bits per heavy atom. The molecule has 1 saturated carbocycles. The van der Waals surface area contributed by atoms with E-state index in [4.69, 9.17) is 0 Å². The van der Waals surface area contributed by atoms with Crippen molar-refractivity contribution in [2.75, 3.05) is 25.5 Å². The maximum atomic E-state index is 12.1. The Kier molecular flexibility index (Phi) is 4.83. The van der Waals surface area contributed by atoms with Gasteiger partial charge in [0.05, 0.1) is 11.2 Å². The van der Waals surface area contributed by atoms with Crippen molar-refractivity contribution in [2.24, 2.45) is 5.92 Å². The molecule has 5 nitrogen and oxygen atoms in total. The number of aromatic nitrogens is 1. The number of nitrogens with one attached hydrogen (secondary N) is 1. The number of anilines is 1. The molecule has 2 rings (SSSR count). The Bertz CT molecular complexity index is 487. The quantitative estimate of drug-likeness (QED) is 0.888. The van der Waals surface area contributed by atoms with Gasteiger partial charge in [-0.05, 0) is 30.9 Å². The smallest absolute Gasteiger partial charge is 0.252 e. The minimum atomic E-state index is -0.760. The summed E-state index contributed by atoms with van der Waals surface area (Å²) < 4.78 is 0. The Morgan fingerprint density at radius 3 is 2.86 bits per heavy atom. The second kappa shape index (κ2) is 6.43. The second-order valence-corrected chi connectivity index (χ2v) is 6.41. The third-order valence-corrected chi connectivity index (χ3v) is 4.11. The lowest BCUT2D eigenvalue weighted by atomic mass is 9.79. The van der Waals surface area contributed by atoms with E-state index in [0.717, 1.165) is 31.5 Å². The van der Waals surface area contributed by atoms with Crippen molar-refractivity contribution < 1.29 is 9.90 Å². The summed E-state index contributed by atoms with van der Waals surface area (Å²) in [7, 11) is 3.81. The van der Waals surface area contributed by atoms with E-state index >= 15 is 0 Å². The van der Waals surface area contributed by atoms with Crippen molar-refractivity contribution in [3.63, 3.8) is 0 Å². The number of aliphatic hydroxyl groups is 1. The minimum Gasteiger partial charge on any atom is -0.388 e. The normalized spacial score (nSPS) is 25.4. The third-order valence-electron chi connectivity index (χ3n) is 4.11. The SMILES string of the molecule is CC1CCCC(O)(CNC(=O)c2ccc(N(C)C)nc2)C1. The molecule has 0 aromatic carbocycles. The zero-order valence-electron chi connectivity index (χ0n) is 13.1. The lowest BCUT2D eigenvalue weighted by Crippen LogP contribution is -2.45. The second-order valence-electron chi connectivity index (χ2n) is 6.41. The van der Waals surface area contributed by atoms with Crippen molar-refractivity contribution in [3.8, 4) is 0 Å². The largest absolute Gasteiger partial charge is 0.388 e. The average Bonchev–Trinajstić information content (AvgIpc) is 2.45. The first-order valence-corrected chi connectivity index (χ1v) is 7.53. The lowest BCUT2D eigenvalue weighted by Gasteiger charge is -2.35. The van der Waals surface area contributed by atoms with Gasteiger partial charge in [0, 0.05) is 26.8 Å². The molecule has 1 amide bonds. The van der Waals surface area contributed by atoms with Crippen molar-refractivity contribution in [2.45, 2.75) is 38.2 Å². The molecule has 1 aromatic rings. The number of nitrogens with zero attached hydrogens (tertiary/aromatic N) is 2. The summed E-state index contributed by atoms with van der Waals surface area (Å²) in [4.78, 5) is 18.2. The van der Waals surface area contributed by atoms with E-state index < -0.39 is 5.60 Å². The molecule has 21 heavy (non-hydrogen) atoms. The van der Waals surface area contributed by atoms with E-state index in [0.29, 0.717) is 18.0 Å². The molecule has 1 aliphatic rings. The van der Waals surface area contributed by atoms with Gasteiger partial charge in [0.2, 0.25) is 0 Å². The van der Waals surface area contributed by atoms with Crippen molar-refractivity contribution in [1.82, 2.24) is 10.3 Å². The van der Waals surface area contributed by atoms with Gasteiger partial charge in [-0.25, -0.2) is 4.98 Å². The highest BCUT2D eigenvalue weighted by atomic mass is 16.3. The zero-order valence-corrected chi connectivity index (χ0v) is 13.1. The van der Waals surface area contributed by atoms with Gasteiger partial charge in [0.1, 0.15) is 5.82 Å². The van der Waals surface area contributed by atoms with E-state index in [9.17, 15) is 9.90 Å². The van der Waals surface area contributed by atoms with Gasteiger partial charge in [-0.1, -0.05) is 19.8 Å². The van der Waals surface area contributed by atoms with Crippen LogP contribution in [0.4, 0.5) is 5.82 Å². The molecular formula is C16H25N3O2. The van der Waals surface area contributed by atoms with Crippen LogP contribution in [0.5, 0.6) is 0 Å². The maximum absolute atomic E-state index is 12.1. The van der Waals surface area contributed by atoms with Crippen LogP contribution in [0.2, 0.25) is 0 Å². The maximum Gasteiger partial charge on any atom is 0.252 e. The number of hydrogen-bond donors (Lipinski definition) is 2. The van der Waals surface area contributed by atoms with Crippen LogP contribution in [-0.2, 0) is 0 Å². The van der Waals surface area contributed by atoms with Gasteiger partial charge in [-0.3, -0.25) is 4.79 Å². The van der Waals surface area contributed by atoms with Crippen LogP contribution in [0.15, 0.2) is 18.3 Å². The van der Waals surface area contributed by atoms with Crippen LogP contribution < -0.4 is 10.2 Å². The predicted octanol–water partition coefficient (Wildman–Crippen LogP) is 1.82. The standard InChI is InChI=1S/C16H25N3O2/c1-12-5-4-8-16(21,9-12)11-18-15(20)13-6-7-14(17-10-13)19(2)3/h6-7,10,12,21H,4-5,8-9,11H2,1-3H3,(H,18,20). The van der Waals surface area contributed by atoms with Crippen LogP contribution in [-0.4, -0.2) is 42.2 Å². The van der Waals surface area contributed by atoms with E-state index in [1.165, 1.54) is 0 Å². The predicted molar refractivity (Wildman–Crippen MR) is 83.5 cm³/mol. The molecule has 116 valence electrons. The fourth-order valence-corrected chi connectivity index (χ4v) is 2.92.